The average Bonchev–Trinajstić information content (AvgIpc) is 3.04. The molecule has 3 heterocycles. The summed E-state index contributed by atoms with van der Waals surface area (Å²) in [4.78, 5) is 21.7. The lowest BCUT2D eigenvalue weighted by Crippen LogP contribution is -2.14. The van der Waals surface area contributed by atoms with Crippen molar-refractivity contribution < 1.29 is 9.32 Å². The molecule has 1 amide bonds. The SMILES string of the molecule is Cc1ccc(-c2cc(C(=O)Nc3ccc(C)cn3)c3c(C)noc3n2)cc1. The first kappa shape index (κ1) is 16.9. The van der Waals surface area contributed by atoms with Gasteiger partial charge in [-0.1, -0.05) is 41.1 Å². The zero-order valence-corrected chi connectivity index (χ0v) is 15.3. The van der Waals surface area contributed by atoms with Crippen molar-refractivity contribution in [2.75, 3.05) is 5.32 Å². The van der Waals surface area contributed by atoms with Crippen molar-refractivity contribution in [2.24, 2.45) is 0 Å². The summed E-state index contributed by atoms with van der Waals surface area (Å²) >= 11 is 0. The van der Waals surface area contributed by atoms with Gasteiger partial charge in [-0.2, -0.15) is 0 Å². The van der Waals surface area contributed by atoms with Gasteiger partial charge in [0.2, 0.25) is 0 Å². The van der Waals surface area contributed by atoms with Gasteiger partial charge in [-0.3, -0.25) is 4.79 Å². The zero-order chi connectivity index (χ0) is 19.0. The first-order valence-corrected chi connectivity index (χ1v) is 8.59. The van der Waals surface area contributed by atoms with Gasteiger partial charge in [0.1, 0.15) is 5.82 Å². The molecule has 0 aliphatic carbocycles. The fraction of sp³-hybridized carbons (Fsp3) is 0.143. The summed E-state index contributed by atoms with van der Waals surface area (Å²) in [7, 11) is 0. The standard InChI is InChI=1S/C21H18N4O2/c1-12-4-7-15(8-5-12)17-10-16(19-14(3)25-27-21(19)23-17)20(26)24-18-9-6-13(2)11-22-18/h4-11H,1-3H3,(H,22,24,26). The molecule has 1 aromatic carbocycles. The van der Waals surface area contributed by atoms with Crippen LogP contribution in [0, 0.1) is 20.8 Å². The topological polar surface area (TPSA) is 80.9 Å². The van der Waals surface area contributed by atoms with E-state index in [9.17, 15) is 4.79 Å². The minimum absolute atomic E-state index is 0.279. The molecular formula is C21H18N4O2. The number of nitrogens with zero attached hydrogens (tertiary/aromatic N) is 3. The molecule has 0 saturated heterocycles. The summed E-state index contributed by atoms with van der Waals surface area (Å²) in [6, 6.07) is 13.4. The summed E-state index contributed by atoms with van der Waals surface area (Å²) in [6.45, 7) is 5.76. The molecule has 3 aromatic heterocycles. The molecule has 27 heavy (non-hydrogen) atoms. The maximum Gasteiger partial charge on any atom is 0.259 e. The van der Waals surface area contributed by atoms with Crippen LogP contribution >= 0.6 is 0 Å². The van der Waals surface area contributed by atoms with Gasteiger partial charge < -0.3 is 9.84 Å². The van der Waals surface area contributed by atoms with E-state index in [0.717, 1.165) is 16.7 Å². The lowest BCUT2D eigenvalue weighted by molar-refractivity contribution is 0.102. The lowest BCUT2D eigenvalue weighted by Gasteiger charge is -2.08. The van der Waals surface area contributed by atoms with E-state index < -0.39 is 0 Å². The number of carbonyl (C=O) groups excluding carboxylic acids is 1. The van der Waals surface area contributed by atoms with Gasteiger partial charge in [0.15, 0.2) is 0 Å². The Bertz CT molecular complexity index is 1130. The third-order valence-electron chi connectivity index (χ3n) is 4.36. The van der Waals surface area contributed by atoms with Crippen LogP contribution in [0.1, 0.15) is 27.2 Å². The molecule has 0 radical (unpaired) electrons. The number of hydrogen-bond acceptors (Lipinski definition) is 5. The highest BCUT2D eigenvalue weighted by Crippen LogP contribution is 2.27. The summed E-state index contributed by atoms with van der Waals surface area (Å²) in [5.74, 6) is 0.208. The molecular weight excluding hydrogens is 340 g/mol. The number of nitrogens with one attached hydrogen (secondary N) is 1. The van der Waals surface area contributed by atoms with Crippen LogP contribution in [0.25, 0.3) is 22.4 Å². The molecule has 4 aromatic rings. The van der Waals surface area contributed by atoms with Gasteiger partial charge >= 0.3 is 0 Å². The van der Waals surface area contributed by atoms with E-state index in [-0.39, 0.29) is 5.91 Å². The number of rotatable bonds is 3. The van der Waals surface area contributed by atoms with Crippen LogP contribution in [0.15, 0.2) is 53.2 Å². The Morgan fingerprint density at radius 2 is 1.74 bits per heavy atom. The Morgan fingerprint density at radius 1 is 1.00 bits per heavy atom. The molecule has 6 nitrogen and oxygen atoms in total. The second kappa shape index (κ2) is 6.64. The van der Waals surface area contributed by atoms with Crippen molar-refractivity contribution in [1.82, 2.24) is 15.1 Å². The normalized spacial score (nSPS) is 10.9. The molecule has 0 aliphatic rings. The summed E-state index contributed by atoms with van der Waals surface area (Å²) in [5, 5.41) is 7.42. The molecule has 0 atom stereocenters. The maximum atomic E-state index is 13.0. The van der Waals surface area contributed by atoms with Crippen molar-refractivity contribution in [2.45, 2.75) is 20.8 Å². The van der Waals surface area contributed by atoms with Crippen molar-refractivity contribution in [3.63, 3.8) is 0 Å². The minimum Gasteiger partial charge on any atom is -0.335 e. The molecule has 6 heteroatoms. The van der Waals surface area contributed by atoms with Crippen LogP contribution < -0.4 is 5.32 Å². The number of aromatic nitrogens is 3. The number of fused-ring (bicyclic) bond motifs is 1. The number of benzene rings is 1. The third kappa shape index (κ3) is 3.29. The average molecular weight is 358 g/mol. The van der Waals surface area contributed by atoms with Crippen molar-refractivity contribution in [3.05, 3.63) is 71.0 Å². The van der Waals surface area contributed by atoms with E-state index in [1.165, 1.54) is 0 Å². The first-order valence-electron chi connectivity index (χ1n) is 8.59. The van der Waals surface area contributed by atoms with Crippen molar-refractivity contribution in [3.8, 4) is 11.3 Å². The van der Waals surface area contributed by atoms with Crippen LogP contribution in [0.3, 0.4) is 0 Å². The summed E-state index contributed by atoms with van der Waals surface area (Å²) < 4.78 is 5.33. The molecule has 0 saturated carbocycles. The highest BCUT2D eigenvalue weighted by Gasteiger charge is 2.19. The van der Waals surface area contributed by atoms with Crippen LogP contribution in [0.4, 0.5) is 5.82 Å². The molecule has 4 rings (SSSR count). The first-order chi connectivity index (χ1) is 13.0. The smallest absolute Gasteiger partial charge is 0.259 e. The van der Waals surface area contributed by atoms with E-state index in [1.807, 2.05) is 44.2 Å². The van der Waals surface area contributed by atoms with Gasteiger partial charge in [0, 0.05) is 11.8 Å². The molecule has 134 valence electrons. The Hall–Kier alpha value is -3.54. The quantitative estimate of drug-likeness (QED) is 0.585. The second-order valence-corrected chi connectivity index (χ2v) is 6.54. The number of hydrogen-bond donors (Lipinski definition) is 1. The number of pyridine rings is 2. The number of anilines is 1. The Labute approximate surface area is 156 Å². The van der Waals surface area contributed by atoms with E-state index in [4.69, 9.17) is 4.52 Å². The number of amides is 1. The largest absolute Gasteiger partial charge is 0.335 e. The predicted molar refractivity (Wildman–Crippen MR) is 104 cm³/mol. The minimum atomic E-state index is -0.279. The van der Waals surface area contributed by atoms with Crippen LogP contribution in [-0.2, 0) is 0 Å². The zero-order valence-electron chi connectivity index (χ0n) is 15.3. The lowest BCUT2D eigenvalue weighted by atomic mass is 10.0. The highest BCUT2D eigenvalue weighted by molar-refractivity contribution is 6.12. The van der Waals surface area contributed by atoms with Gasteiger partial charge in [-0.15, -0.1) is 0 Å². The summed E-state index contributed by atoms with van der Waals surface area (Å²) in [5.41, 5.74) is 5.15. The van der Waals surface area contributed by atoms with E-state index >= 15 is 0 Å². The van der Waals surface area contributed by atoms with Gasteiger partial charge in [0.25, 0.3) is 11.6 Å². The summed E-state index contributed by atoms with van der Waals surface area (Å²) in [6.07, 6.45) is 1.71. The van der Waals surface area contributed by atoms with E-state index in [1.54, 1.807) is 25.3 Å². The van der Waals surface area contributed by atoms with Crippen molar-refractivity contribution >= 4 is 22.8 Å². The molecule has 0 bridgehead atoms. The molecule has 0 spiro atoms. The van der Waals surface area contributed by atoms with Crippen LogP contribution in [0.5, 0.6) is 0 Å². The number of aryl methyl sites for hydroxylation is 3. The third-order valence-corrected chi connectivity index (χ3v) is 4.36. The predicted octanol–water partition coefficient (Wildman–Crippen LogP) is 4.46. The highest BCUT2D eigenvalue weighted by atomic mass is 16.5. The van der Waals surface area contributed by atoms with Crippen LogP contribution in [-0.4, -0.2) is 21.0 Å². The molecule has 0 fully saturated rings. The number of carbonyl (C=O) groups is 1. The van der Waals surface area contributed by atoms with Crippen molar-refractivity contribution in [1.29, 1.82) is 0 Å². The van der Waals surface area contributed by atoms with E-state index in [0.29, 0.717) is 33.9 Å². The van der Waals surface area contributed by atoms with Crippen LogP contribution in [0.2, 0.25) is 0 Å². The second-order valence-electron chi connectivity index (χ2n) is 6.54. The Balaban J connectivity index is 1.80. The maximum absolute atomic E-state index is 13.0. The fourth-order valence-corrected chi connectivity index (χ4v) is 2.87. The van der Waals surface area contributed by atoms with E-state index in [2.05, 4.69) is 20.4 Å². The molecule has 0 aliphatic heterocycles. The Kier molecular flexibility index (Phi) is 4.16. The van der Waals surface area contributed by atoms with Gasteiger partial charge in [-0.25, -0.2) is 9.97 Å². The molecule has 1 N–H and O–H groups in total. The fourth-order valence-electron chi connectivity index (χ4n) is 2.87. The Morgan fingerprint density at radius 3 is 2.44 bits per heavy atom. The monoisotopic (exact) mass is 358 g/mol. The molecule has 0 unspecified atom stereocenters. The van der Waals surface area contributed by atoms with Gasteiger partial charge in [0.05, 0.1) is 22.3 Å². The van der Waals surface area contributed by atoms with Gasteiger partial charge in [-0.05, 0) is 38.5 Å².